The van der Waals surface area contributed by atoms with E-state index in [-0.39, 0.29) is 12.5 Å². The van der Waals surface area contributed by atoms with E-state index >= 15 is 0 Å². The monoisotopic (exact) mass is 157 g/mol. The second kappa shape index (κ2) is 3.69. The molecule has 0 unspecified atom stereocenters. The molecule has 63 valence electrons. The van der Waals surface area contributed by atoms with Gasteiger partial charge >= 0.3 is 0 Å². The van der Waals surface area contributed by atoms with Crippen LogP contribution < -0.4 is 5.73 Å². The van der Waals surface area contributed by atoms with Crippen LogP contribution in [0.3, 0.4) is 0 Å². The van der Waals surface area contributed by atoms with Crippen molar-refractivity contribution in [2.24, 2.45) is 5.73 Å². The van der Waals surface area contributed by atoms with Crippen LogP contribution in [-0.4, -0.2) is 36.5 Å². The Labute approximate surface area is 66.0 Å². The highest BCUT2D eigenvalue weighted by Gasteiger charge is 2.20. The van der Waals surface area contributed by atoms with E-state index in [4.69, 9.17) is 5.73 Å². The number of hydrogen-bond acceptors (Lipinski definition) is 2. The zero-order valence-electron chi connectivity index (χ0n) is 6.45. The van der Waals surface area contributed by atoms with E-state index in [0.29, 0.717) is 25.9 Å². The van der Waals surface area contributed by atoms with Crippen molar-refractivity contribution in [3.05, 3.63) is 0 Å². The fourth-order valence-corrected chi connectivity index (χ4v) is 1.23. The van der Waals surface area contributed by atoms with Crippen LogP contribution in [0.4, 0.5) is 0 Å². The van der Waals surface area contributed by atoms with E-state index in [0.717, 1.165) is 0 Å². The van der Waals surface area contributed by atoms with Gasteiger partial charge in [0.25, 0.3) is 0 Å². The molecular weight excluding hydrogens is 144 g/mol. The van der Waals surface area contributed by atoms with Gasteiger partial charge in [0.2, 0.25) is 5.91 Å². The Hall–Kier alpha value is -0.610. The van der Waals surface area contributed by atoms with Crippen molar-refractivity contribution < 1.29 is 9.90 Å². The average molecular weight is 157 g/mol. The second-order valence-corrected chi connectivity index (χ2v) is 2.78. The topological polar surface area (TPSA) is 66.2 Å². The van der Waals surface area contributed by atoms with E-state index in [2.05, 4.69) is 0 Å². The van der Waals surface area contributed by atoms with Crippen LogP contribution in [0.1, 0.15) is 12.8 Å². The van der Waals surface area contributed by atoms with Crippen LogP contribution in [0, 0.1) is 0 Å². The first-order valence-electron chi connectivity index (χ1n) is 3.87. The molecule has 0 spiro atoms. The normalized spacial score (nSPS) is 20.4. The lowest BCUT2D eigenvalue weighted by Crippen LogP contribution is -2.42. The maximum Gasteiger partial charge on any atom is 0.236 e. The third-order valence-corrected chi connectivity index (χ3v) is 1.97. The molecule has 1 saturated heterocycles. The zero-order chi connectivity index (χ0) is 8.27. The Morgan fingerprint density at radius 1 is 1.45 bits per heavy atom. The SMILES string of the molecule is NCC(=O)N1CCC([O])CC1. The number of amides is 1. The summed E-state index contributed by atoms with van der Waals surface area (Å²) in [6, 6.07) is 0. The molecule has 0 atom stereocenters. The van der Waals surface area contributed by atoms with E-state index in [1.165, 1.54) is 0 Å². The van der Waals surface area contributed by atoms with E-state index in [1.54, 1.807) is 4.90 Å². The third-order valence-electron chi connectivity index (χ3n) is 1.97. The Morgan fingerprint density at radius 2 is 2.00 bits per heavy atom. The van der Waals surface area contributed by atoms with Crippen LogP contribution in [0.25, 0.3) is 0 Å². The van der Waals surface area contributed by atoms with Gasteiger partial charge in [-0.25, -0.2) is 5.11 Å². The zero-order valence-corrected chi connectivity index (χ0v) is 6.45. The van der Waals surface area contributed by atoms with E-state index in [9.17, 15) is 9.90 Å². The van der Waals surface area contributed by atoms with Crippen molar-refractivity contribution in [1.29, 1.82) is 0 Å². The maximum atomic E-state index is 11.0. The van der Waals surface area contributed by atoms with E-state index in [1.807, 2.05) is 0 Å². The smallest absolute Gasteiger partial charge is 0.236 e. The minimum absolute atomic E-state index is 0.0445. The standard InChI is InChI=1S/C7H13N2O2/c8-5-7(11)9-3-1-6(10)2-4-9/h6H,1-5,8H2. The Bertz CT molecular complexity index is 141. The van der Waals surface area contributed by atoms with Gasteiger partial charge in [-0.2, -0.15) is 0 Å². The second-order valence-electron chi connectivity index (χ2n) is 2.78. The maximum absolute atomic E-state index is 11.0. The van der Waals surface area contributed by atoms with Gasteiger partial charge in [0.05, 0.1) is 12.6 Å². The van der Waals surface area contributed by atoms with Gasteiger partial charge in [-0.3, -0.25) is 4.79 Å². The predicted molar refractivity (Wildman–Crippen MR) is 39.3 cm³/mol. The van der Waals surface area contributed by atoms with Crippen LogP contribution in [0.2, 0.25) is 0 Å². The number of likely N-dealkylation sites (tertiary alicyclic amines) is 1. The summed E-state index contributed by atoms with van der Waals surface area (Å²) in [5.41, 5.74) is 5.17. The molecule has 1 aliphatic heterocycles. The van der Waals surface area contributed by atoms with Gasteiger partial charge in [-0.1, -0.05) is 0 Å². The quantitative estimate of drug-likeness (QED) is 0.550. The first-order valence-corrected chi connectivity index (χ1v) is 3.87. The molecule has 1 rings (SSSR count). The van der Waals surface area contributed by atoms with Gasteiger partial charge < -0.3 is 10.6 Å². The van der Waals surface area contributed by atoms with Crippen molar-refractivity contribution in [3.63, 3.8) is 0 Å². The fourth-order valence-electron chi connectivity index (χ4n) is 1.23. The molecule has 0 aromatic rings. The molecule has 4 nitrogen and oxygen atoms in total. The van der Waals surface area contributed by atoms with Crippen molar-refractivity contribution in [1.82, 2.24) is 4.90 Å². The van der Waals surface area contributed by atoms with Gasteiger partial charge in [-0.05, 0) is 12.8 Å². The van der Waals surface area contributed by atoms with Crippen LogP contribution >= 0.6 is 0 Å². The number of nitrogens with two attached hydrogens (primary N) is 1. The number of nitrogens with zero attached hydrogens (tertiary/aromatic N) is 1. The van der Waals surface area contributed by atoms with Crippen LogP contribution in [0.5, 0.6) is 0 Å². The molecule has 4 heteroatoms. The molecule has 1 radical (unpaired) electrons. The summed E-state index contributed by atoms with van der Waals surface area (Å²) in [6.07, 6.45) is 0.675. The summed E-state index contributed by atoms with van der Waals surface area (Å²) in [6.45, 7) is 1.23. The lowest BCUT2D eigenvalue weighted by Gasteiger charge is -2.28. The first-order chi connectivity index (χ1) is 5.24. The molecule has 0 saturated carbocycles. The minimum atomic E-state index is -0.475. The molecule has 0 aromatic heterocycles. The summed E-state index contributed by atoms with van der Waals surface area (Å²) >= 11 is 0. The molecular formula is C7H13N2O2. The summed E-state index contributed by atoms with van der Waals surface area (Å²) < 4.78 is 0. The predicted octanol–water partition coefficient (Wildman–Crippen LogP) is -0.633. The minimum Gasteiger partial charge on any atom is -0.341 e. The molecule has 2 N–H and O–H groups in total. The summed E-state index contributed by atoms with van der Waals surface area (Å²) in [5.74, 6) is -0.0445. The first kappa shape index (κ1) is 8.49. The number of rotatable bonds is 1. The number of piperidine rings is 1. The molecule has 0 aliphatic carbocycles. The Balaban J connectivity index is 2.33. The Kier molecular flexibility index (Phi) is 2.84. The number of carbonyl (C=O) groups excluding carboxylic acids is 1. The molecule has 1 aliphatic rings. The highest BCUT2D eigenvalue weighted by atomic mass is 16.3. The lowest BCUT2D eigenvalue weighted by molar-refractivity contribution is -0.132. The largest absolute Gasteiger partial charge is 0.341 e. The lowest BCUT2D eigenvalue weighted by atomic mass is 10.1. The van der Waals surface area contributed by atoms with Gasteiger partial charge in [0.15, 0.2) is 0 Å². The number of carbonyl (C=O) groups is 1. The average Bonchev–Trinajstić information content (AvgIpc) is 2.05. The number of hydrogen-bond donors (Lipinski definition) is 1. The van der Waals surface area contributed by atoms with Crippen molar-refractivity contribution in [2.45, 2.75) is 18.9 Å². The van der Waals surface area contributed by atoms with Crippen molar-refractivity contribution >= 4 is 5.91 Å². The summed E-state index contributed by atoms with van der Waals surface area (Å²) in [7, 11) is 0. The highest BCUT2D eigenvalue weighted by molar-refractivity contribution is 5.78. The highest BCUT2D eigenvalue weighted by Crippen LogP contribution is 2.09. The molecule has 1 amide bonds. The molecule has 1 fully saturated rings. The van der Waals surface area contributed by atoms with Gasteiger partial charge in [0.1, 0.15) is 0 Å². The fraction of sp³-hybridized carbons (Fsp3) is 0.857. The van der Waals surface area contributed by atoms with Gasteiger partial charge in [0, 0.05) is 13.1 Å². The van der Waals surface area contributed by atoms with Crippen molar-refractivity contribution in [3.8, 4) is 0 Å². The Morgan fingerprint density at radius 3 is 2.45 bits per heavy atom. The van der Waals surface area contributed by atoms with Crippen molar-refractivity contribution in [2.75, 3.05) is 19.6 Å². The molecule has 0 bridgehead atoms. The molecule has 11 heavy (non-hydrogen) atoms. The molecule has 1 heterocycles. The third kappa shape index (κ3) is 2.17. The van der Waals surface area contributed by atoms with Crippen LogP contribution in [0.15, 0.2) is 0 Å². The molecule has 0 aromatic carbocycles. The van der Waals surface area contributed by atoms with Crippen LogP contribution in [-0.2, 0) is 9.90 Å². The van der Waals surface area contributed by atoms with Gasteiger partial charge in [-0.15, -0.1) is 0 Å². The van der Waals surface area contributed by atoms with E-state index < -0.39 is 6.10 Å². The summed E-state index contributed by atoms with van der Waals surface area (Å²) in [5, 5.41) is 10.8. The summed E-state index contributed by atoms with van der Waals surface area (Å²) in [4.78, 5) is 12.6.